The summed E-state index contributed by atoms with van der Waals surface area (Å²) in [7, 11) is 0. The Labute approximate surface area is 114 Å². The van der Waals surface area contributed by atoms with Gasteiger partial charge in [-0.3, -0.25) is 4.79 Å². The van der Waals surface area contributed by atoms with Crippen LogP contribution in [0.15, 0.2) is 30.3 Å². The maximum Gasteiger partial charge on any atom is 0.310 e. The smallest absolute Gasteiger partial charge is 0.310 e. The minimum atomic E-state index is -0.147. The third kappa shape index (κ3) is 5.01. The van der Waals surface area contributed by atoms with Crippen LogP contribution in [-0.2, 0) is 20.7 Å². The molecule has 0 spiro atoms. The van der Waals surface area contributed by atoms with Crippen molar-refractivity contribution in [2.45, 2.75) is 19.4 Å². The molecule has 0 unspecified atom stereocenters. The SMILES string of the molecule is C[C@H](C[NH+]1CCOCC1)OC(=O)Cc1ccccc1. The van der Waals surface area contributed by atoms with Gasteiger partial charge in [0.2, 0.25) is 0 Å². The van der Waals surface area contributed by atoms with Gasteiger partial charge in [-0.05, 0) is 12.5 Å². The number of hydrogen-bond acceptors (Lipinski definition) is 3. The third-order valence-electron chi connectivity index (χ3n) is 3.30. The zero-order valence-electron chi connectivity index (χ0n) is 11.4. The molecule has 0 bridgehead atoms. The fourth-order valence-electron chi connectivity index (χ4n) is 2.34. The van der Waals surface area contributed by atoms with Crippen LogP contribution in [0.3, 0.4) is 0 Å². The number of benzene rings is 1. The number of ether oxygens (including phenoxy) is 2. The number of morpholine rings is 1. The second kappa shape index (κ2) is 7.26. The van der Waals surface area contributed by atoms with Gasteiger partial charge in [-0.25, -0.2) is 0 Å². The molecule has 1 N–H and O–H groups in total. The lowest BCUT2D eigenvalue weighted by Crippen LogP contribution is -3.15. The van der Waals surface area contributed by atoms with Gasteiger partial charge in [0.25, 0.3) is 0 Å². The second-order valence-electron chi connectivity index (χ2n) is 5.03. The predicted octanol–water partition coefficient (Wildman–Crippen LogP) is 0.0759. The number of quaternary nitrogens is 1. The van der Waals surface area contributed by atoms with Gasteiger partial charge in [-0.15, -0.1) is 0 Å². The van der Waals surface area contributed by atoms with Crippen LogP contribution in [0.4, 0.5) is 0 Å². The molecule has 4 nitrogen and oxygen atoms in total. The van der Waals surface area contributed by atoms with Crippen LogP contribution in [0.25, 0.3) is 0 Å². The summed E-state index contributed by atoms with van der Waals surface area (Å²) >= 11 is 0. The van der Waals surface area contributed by atoms with Crippen molar-refractivity contribution in [2.24, 2.45) is 0 Å². The van der Waals surface area contributed by atoms with E-state index < -0.39 is 0 Å². The number of esters is 1. The zero-order chi connectivity index (χ0) is 13.5. The monoisotopic (exact) mass is 264 g/mol. The van der Waals surface area contributed by atoms with Crippen molar-refractivity contribution in [2.75, 3.05) is 32.8 Å². The Balaban J connectivity index is 1.72. The van der Waals surface area contributed by atoms with Gasteiger partial charge in [0, 0.05) is 0 Å². The van der Waals surface area contributed by atoms with E-state index in [4.69, 9.17) is 9.47 Å². The molecule has 1 saturated heterocycles. The highest BCUT2D eigenvalue weighted by Crippen LogP contribution is 2.02. The molecule has 1 aromatic carbocycles. The van der Waals surface area contributed by atoms with Crippen LogP contribution >= 0.6 is 0 Å². The summed E-state index contributed by atoms with van der Waals surface area (Å²) in [5, 5.41) is 0. The summed E-state index contributed by atoms with van der Waals surface area (Å²) in [4.78, 5) is 13.3. The quantitative estimate of drug-likeness (QED) is 0.766. The predicted molar refractivity (Wildman–Crippen MR) is 72.1 cm³/mol. The molecule has 4 heteroatoms. The fourth-order valence-corrected chi connectivity index (χ4v) is 2.34. The first kappa shape index (κ1) is 14.0. The summed E-state index contributed by atoms with van der Waals surface area (Å²) < 4.78 is 10.8. The van der Waals surface area contributed by atoms with E-state index in [0.29, 0.717) is 6.42 Å². The molecule has 0 aliphatic carbocycles. The van der Waals surface area contributed by atoms with Crippen molar-refractivity contribution in [3.63, 3.8) is 0 Å². The highest BCUT2D eigenvalue weighted by atomic mass is 16.5. The van der Waals surface area contributed by atoms with Gasteiger partial charge in [0.15, 0.2) is 0 Å². The molecular formula is C15H22NO3+. The molecular weight excluding hydrogens is 242 g/mol. The molecule has 19 heavy (non-hydrogen) atoms. The number of carbonyl (C=O) groups excluding carboxylic acids is 1. The van der Waals surface area contributed by atoms with E-state index in [2.05, 4.69) is 0 Å². The van der Waals surface area contributed by atoms with Crippen molar-refractivity contribution in [1.29, 1.82) is 0 Å². The van der Waals surface area contributed by atoms with E-state index in [1.54, 1.807) is 0 Å². The Kier molecular flexibility index (Phi) is 5.36. The minimum Gasteiger partial charge on any atom is -0.456 e. The molecule has 104 valence electrons. The largest absolute Gasteiger partial charge is 0.456 e. The minimum absolute atomic E-state index is 0.0377. The summed E-state index contributed by atoms with van der Waals surface area (Å²) in [6.45, 7) is 6.44. The number of carbonyl (C=O) groups is 1. The first-order valence-corrected chi connectivity index (χ1v) is 6.89. The maximum absolute atomic E-state index is 11.8. The molecule has 1 aliphatic rings. The number of nitrogens with one attached hydrogen (secondary N) is 1. The molecule has 0 radical (unpaired) electrons. The average molecular weight is 264 g/mol. The maximum atomic E-state index is 11.8. The van der Waals surface area contributed by atoms with E-state index in [1.807, 2.05) is 37.3 Å². The van der Waals surface area contributed by atoms with Gasteiger partial charge in [0.05, 0.1) is 19.6 Å². The third-order valence-corrected chi connectivity index (χ3v) is 3.30. The molecule has 0 saturated carbocycles. The van der Waals surface area contributed by atoms with Gasteiger partial charge >= 0.3 is 5.97 Å². The van der Waals surface area contributed by atoms with Crippen LogP contribution in [0, 0.1) is 0 Å². The van der Waals surface area contributed by atoms with Crippen LogP contribution in [0.5, 0.6) is 0 Å². The lowest BCUT2D eigenvalue weighted by atomic mass is 10.1. The normalized spacial score (nSPS) is 17.9. The average Bonchev–Trinajstić information content (AvgIpc) is 2.40. The van der Waals surface area contributed by atoms with Crippen LogP contribution in [0.2, 0.25) is 0 Å². The lowest BCUT2D eigenvalue weighted by molar-refractivity contribution is -0.910. The summed E-state index contributed by atoms with van der Waals surface area (Å²) in [6.07, 6.45) is 0.313. The molecule has 0 aromatic heterocycles. The molecule has 1 fully saturated rings. The lowest BCUT2D eigenvalue weighted by Gasteiger charge is -2.26. The van der Waals surface area contributed by atoms with Crippen LogP contribution < -0.4 is 4.90 Å². The van der Waals surface area contributed by atoms with Crippen molar-refractivity contribution < 1.29 is 19.2 Å². The van der Waals surface area contributed by atoms with Gasteiger partial charge in [0.1, 0.15) is 25.7 Å². The first-order valence-electron chi connectivity index (χ1n) is 6.89. The Bertz CT molecular complexity index is 388. The van der Waals surface area contributed by atoms with E-state index in [0.717, 1.165) is 38.4 Å². The van der Waals surface area contributed by atoms with Gasteiger partial charge in [-0.1, -0.05) is 30.3 Å². The Hall–Kier alpha value is -1.39. The van der Waals surface area contributed by atoms with Gasteiger partial charge in [-0.2, -0.15) is 0 Å². The molecule has 1 atom stereocenters. The topological polar surface area (TPSA) is 40.0 Å². The summed E-state index contributed by atoms with van der Waals surface area (Å²) in [6, 6.07) is 9.70. The first-order chi connectivity index (χ1) is 9.24. The standard InChI is InChI=1S/C15H21NO3/c1-13(12-16-7-9-18-10-8-16)19-15(17)11-14-5-3-2-4-6-14/h2-6,13H,7-12H2,1H3/p+1/t13-/m1/s1. The van der Waals surface area contributed by atoms with Gasteiger partial charge < -0.3 is 14.4 Å². The molecule has 0 amide bonds. The molecule has 2 rings (SSSR count). The Morgan fingerprint density at radius 3 is 2.68 bits per heavy atom. The fraction of sp³-hybridized carbons (Fsp3) is 0.533. The zero-order valence-corrected chi connectivity index (χ0v) is 11.4. The molecule has 1 aliphatic heterocycles. The van der Waals surface area contributed by atoms with E-state index in [9.17, 15) is 4.79 Å². The van der Waals surface area contributed by atoms with Crippen molar-refractivity contribution in [1.82, 2.24) is 0 Å². The number of hydrogen-bond donors (Lipinski definition) is 1. The van der Waals surface area contributed by atoms with Crippen molar-refractivity contribution in [3.05, 3.63) is 35.9 Å². The van der Waals surface area contributed by atoms with Crippen LogP contribution in [0.1, 0.15) is 12.5 Å². The van der Waals surface area contributed by atoms with Crippen LogP contribution in [-0.4, -0.2) is 44.9 Å². The Morgan fingerprint density at radius 1 is 1.32 bits per heavy atom. The van der Waals surface area contributed by atoms with E-state index in [1.165, 1.54) is 4.90 Å². The molecule has 1 aromatic rings. The van der Waals surface area contributed by atoms with E-state index >= 15 is 0 Å². The number of rotatable bonds is 5. The van der Waals surface area contributed by atoms with Crippen molar-refractivity contribution in [3.8, 4) is 0 Å². The van der Waals surface area contributed by atoms with Crippen molar-refractivity contribution >= 4 is 5.97 Å². The summed E-state index contributed by atoms with van der Waals surface area (Å²) in [5.41, 5.74) is 0.999. The molecule has 1 heterocycles. The summed E-state index contributed by atoms with van der Waals surface area (Å²) in [5.74, 6) is -0.147. The highest BCUT2D eigenvalue weighted by molar-refractivity contribution is 5.72. The highest BCUT2D eigenvalue weighted by Gasteiger charge is 2.19. The van der Waals surface area contributed by atoms with E-state index in [-0.39, 0.29) is 12.1 Å². The second-order valence-corrected chi connectivity index (χ2v) is 5.03. The Morgan fingerprint density at radius 2 is 2.00 bits per heavy atom.